The molecule has 0 saturated carbocycles. The monoisotopic (exact) mass is 373 g/mol. The van der Waals surface area contributed by atoms with Crippen molar-refractivity contribution < 1.29 is 8.42 Å². The Bertz CT molecular complexity index is 784. The van der Waals surface area contributed by atoms with Crippen molar-refractivity contribution in [2.75, 3.05) is 19.6 Å². The number of likely N-dealkylation sites (tertiary alicyclic amines) is 1. The second-order valence-corrected chi connectivity index (χ2v) is 8.69. The van der Waals surface area contributed by atoms with E-state index in [0.29, 0.717) is 17.4 Å². The molecule has 0 atom stereocenters. The summed E-state index contributed by atoms with van der Waals surface area (Å²) in [7, 11) is -3.42. The Hall–Kier alpha value is -1.76. The Morgan fingerprint density at radius 3 is 2.31 bits per heavy atom. The number of benzene rings is 1. The quantitative estimate of drug-likeness (QED) is 0.811. The van der Waals surface area contributed by atoms with Gasteiger partial charge in [-0.25, -0.2) is 13.1 Å². The summed E-state index contributed by atoms with van der Waals surface area (Å²) >= 11 is 0. The normalized spacial score (nSPS) is 16.7. The van der Waals surface area contributed by atoms with Crippen molar-refractivity contribution in [3.63, 3.8) is 0 Å². The second-order valence-electron chi connectivity index (χ2n) is 6.92. The zero-order chi connectivity index (χ0) is 18.4. The van der Waals surface area contributed by atoms with Crippen molar-refractivity contribution in [2.24, 2.45) is 5.92 Å². The highest BCUT2D eigenvalue weighted by atomic mass is 32.2. The van der Waals surface area contributed by atoms with E-state index in [4.69, 9.17) is 0 Å². The summed E-state index contributed by atoms with van der Waals surface area (Å²) in [4.78, 5) is 6.82. The van der Waals surface area contributed by atoms with Crippen LogP contribution < -0.4 is 4.72 Å². The first-order valence-corrected chi connectivity index (χ1v) is 10.7. The third-order valence-electron chi connectivity index (χ3n) is 5.07. The lowest BCUT2D eigenvalue weighted by Gasteiger charge is -2.32. The molecule has 140 valence electrons. The van der Waals surface area contributed by atoms with Crippen molar-refractivity contribution in [3.05, 3.63) is 59.9 Å². The Balaban J connectivity index is 1.47. The molecule has 1 aromatic carbocycles. The lowest BCUT2D eigenvalue weighted by molar-refractivity contribution is 0.178. The van der Waals surface area contributed by atoms with Gasteiger partial charge in [-0.1, -0.05) is 19.1 Å². The van der Waals surface area contributed by atoms with Gasteiger partial charge in [0.15, 0.2) is 0 Å². The van der Waals surface area contributed by atoms with Crippen molar-refractivity contribution in [3.8, 4) is 0 Å². The molecule has 2 aromatic rings. The largest absolute Gasteiger partial charge is 0.299 e. The van der Waals surface area contributed by atoms with Crippen LogP contribution in [-0.4, -0.2) is 37.9 Å². The highest BCUT2D eigenvalue weighted by Gasteiger charge is 2.22. The molecule has 0 radical (unpaired) electrons. The van der Waals surface area contributed by atoms with Crippen LogP contribution in [0.4, 0.5) is 0 Å². The minimum atomic E-state index is -3.42. The molecule has 6 heteroatoms. The lowest BCUT2D eigenvalue weighted by Crippen LogP contribution is -2.38. The van der Waals surface area contributed by atoms with E-state index in [1.807, 2.05) is 36.7 Å². The predicted octanol–water partition coefficient (Wildman–Crippen LogP) is 2.83. The maximum absolute atomic E-state index is 12.5. The zero-order valence-corrected chi connectivity index (χ0v) is 16.1. The lowest BCUT2D eigenvalue weighted by atomic mass is 9.97. The predicted molar refractivity (Wildman–Crippen MR) is 103 cm³/mol. The first-order chi connectivity index (χ1) is 12.6. The third kappa shape index (κ3) is 5.13. The summed E-state index contributed by atoms with van der Waals surface area (Å²) < 4.78 is 27.7. The van der Waals surface area contributed by atoms with Crippen LogP contribution in [0.25, 0.3) is 0 Å². The van der Waals surface area contributed by atoms with Gasteiger partial charge in [-0.15, -0.1) is 0 Å². The van der Waals surface area contributed by atoms with E-state index < -0.39 is 10.0 Å². The number of pyridine rings is 1. The molecule has 1 saturated heterocycles. The van der Waals surface area contributed by atoms with Gasteiger partial charge in [0.1, 0.15) is 0 Å². The number of hydrogen-bond acceptors (Lipinski definition) is 4. The van der Waals surface area contributed by atoms with Crippen LogP contribution in [0.15, 0.2) is 53.7 Å². The van der Waals surface area contributed by atoms with Gasteiger partial charge in [-0.3, -0.25) is 9.88 Å². The molecule has 0 aliphatic carbocycles. The second kappa shape index (κ2) is 8.75. The summed E-state index contributed by atoms with van der Waals surface area (Å²) in [5.41, 5.74) is 2.42. The summed E-state index contributed by atoms with van der Waals surface area (Å²) in [6.07, 6.45) is 6.59. The molecular formula is C20H27N3O2S. The number of piperidine rings is 1. The van der Waals surface area contributed by atoms with E-state index in [2.05, 4.69) is 21.5 Å². The number of sulfonamides is 1. The molecule has 1 aliphatic rings. The van der Waals surface area contributed by atoms with Gasteiger partial charge in [0, 0.05) is 25.5 Å². The number of aromatic nitrogens is 1. The Kier molecular flexibility index (Phi) is 6.40. The molecule has 1 aliphatic heterocycles. The highest BCUT2D eigenvalue weighted by molar-refractivity contribution is 7.89. The van der Waals surface area contributed by atoms with Gasteiger partial charge in [0.05, 0.1) is 4.90 Å². The van der Waals surface area contributed by atoms with Gasteiger partial charge >= 0.3 is 0 Å². The van der Waals surface area contributed by atoms with Crippen LogP contribution in [-0.2, 0) is 23.0 Å². The summed E-state index contributed by atoms with van der Waals surface area (Å²) in [6, 6.07) is 11.2. The minimum absolute atomic E-state index is 0.352. The number of hydrogen-bond donors (Lipinski definition) is 1. The third-order valence-corrected chi connectivity index (χ3v) is 6.51. The first-order valence-electron chi connectivity index (χ1n) is 9.26. The van der Waals surface area contributed by atoms with Gasteiger partial charge in [-0.2, -0.15) is 0 Å². The maximum atomic E-state index is 12.5. The van der Waals surface area contributed by atoms with E-state index in [-0.39, 0.29) is 0 Å². The molecular weight excluding hydrogens is 346 g/mol. The molecule has 2 heterocycles. The molecule has 0 unspecified atom stereocenters. The van der Waals surface area contributed by atoms with E-state index in [1.165, 1.54) is 5.56 Å². The average molecular weight is 374 g/mol. The summed E-state index contributed by atoms with van der Waals surface area (Å²) in [5.74, 6) is 0.397. The van der Waals surface area contributed by atoms with Crippen LogP contribution in [0.3, 0.4) is 0 Å². The van der Waals surface area contributed by atoms with Crippen molar-refractivity contribution in [2.45, 2.75) is 37.6 Å². The van der Waals surface area contributed by atoms with Gasteiger partial charge in [0.25, 0.3) is 0 Å². The molecule has 1 aromatic heterocycles. The average Bonchev–Trinajstić information content (AvgIpc) is 2.68. The fourth-order valence-electron chi connectivity index (χ4n) is 3.31. The van der Waals surface area contributed by atoms with Crippen molar-refractivity contribution in [1.29, 1.82) is 0 Å². The van der Waals surface area contributed by atoms with Gasteiger partial charge in [0.2, 0.25) is 10.0 Å². The Morgan fingerprint density at radius 1 is 1.04 bits per heavy atom. The summed E-state index contributed by atoms with van der Waals surface area (Å²) in [6.45, 7) is 5.51. The minimum Gasteiger partial charge on any atom is -0.299 e. The SMILES string of the molecule is CCc1ccc(S(=O)(=O)NCC2CCN(Cc3ccncc3)CC2)cc1. The van der Waals surface area contributed by atoms with Crippen molar-refractivity contribution >= 4 is 10.0 Å². The topological polar surface area (TPSA) is 62.3 Å². The van der Waals surface area contributed by atoms with E-state index in [9.17, 15) is 8.42 Å². The number of rotatable bonds is 7. The molecule has 1 fully saturated rings. The zero-order valence-electron chi connectivity index (χ0n) is 15.3. The first kappa shape index (κ1) is 19.0. The molecule has 5 nitrogen and oxygen atoms in total. The molecule has 0 amide bonds. The number of nitrogens with one attached hydrogen (secondary N) is 1. The van der Waals surface area contributed by atoms with Gasteiger partial charge < -0.3 is 0 Å². The van der Waals surface area contributed by atoms with Gasteiger partial charge in [-0.05, 0) is 73.7 Å². The molecule has 1 N–H and O–H groups in total. The standard InChI is InChI=1S/C20H27N3O2S/c1-2-17-3-5-20(6-4-17)26(24,25)22-15-18-9-13-23(14-10-18)16-19-7-11-21-12-8-19/h3-8,11-12,18,22H,2,9-10,13-16H2,1H3. The Labute approximate surface area is 156 Å². The molecule has 0 bridgehead atoms. The van der Waals surface area contributed by atoms with Crippen LogP contribution in [0.5, 0.6) is 0 Å². The van der Waals surface area contributed by atoms with Crippen LogP contribution in [0.1, 0.15) is 30.9 Å². The van der Waals surface area contributed by atoms with E-state index in [1.54, 1.807) is 12.1 Å². The van der Waals surface area contributed by atoms with Crippen LogP contribution in [0.2, 0.25) is 0 Å². The Morgan fingerprint density at radius 2 is 1.69 bits per heavy atom. The fraction of sp³-hybridized carbons (Fsp3) is 0.450. The molecule has 0 spiro atoms. The summed E-state index contributed by atoms with van der Waals surface area (Å²) in [5, 5.41) is 0. The van der Waals surface area contributed by atoms with E-state index >= 15 is 0 Å². The number of nitrogens with zero attached hydrogens (tertiary/aromatic N) is 2. The van der Waals surface area contributed by atoms with Crippen molar-refractivity contribution in [1.82, 2.24) is 14.6 Å². The highest BCUT2D eigenvalue weighted by Crippen LogP contribution is 2.19. The van der Waals surface area contributed by atoms with E-state index in [0.717, 1.165) is 44.5 Å². The maximum Gasteiger partial charge on any atom is 0.240 e. The fourth-order valence-corrected chi connectivity index (χ4v) is 4.43. The van der Waals surface area contributed by atoms with Crippen LogP contribution in [0, 0.1) is 5.92 Å². The molecule has 3 rings (SSSR count). The van der Waals surface area contributed by atoms with Crippen LogP contribution >= 0.6 is 0 Å². The molecule has 26 heavy (non-hydrogen) atoms. The smallest absolute Gasteiger partial charge is 0.240 e. The number of aryl methyl sites for hydroxylation is 1.